The zero-order valence-electron chi connectivity index (χ0n) is 12.5. The van der Waals surface area contributed by atoms with Crippen molar-refractivity contribution in [2.24, 2.45) is 5.41 Å². The first-order valence-electron chi connectivity index (χ1n) is 7.18. The number of aliphatic carboxylic acids is 1. The van der Waals surface area contributed by atoms with E-state index in [0.717, 1.165) is 37.6 Å². The highest BCUT2D eigenvalue weighted by atomic mass is 16.4. The van der Waals surface area contributed by atoms with Gasteiger partial charge in [0.2, 0.25) is 0 Å². The van der Waals surface area contributed by atoms with Crippen molar-refractivity contribution in [3.63, 3.8) is 0 Å². The Morgan fingerprint density at radius 3 is 2.76 bits per heavy atom. The highest BCUT2D eigenvalue weighted by molar-refractivity contribution is 5.95. The highest BCUT2D eigenvalue weighted by Crippen LogP contribution is 2.29. The maximum Gasteiger partial charge on any atom is 0.328 e. The molecule has 1 aromatic carbocycles. The molecule has 1 heterocycles. The molecule has 0 bridgehead atoms. The Hall–Kier alpha value is -2.10. The number of benzene rings is 1. The normalized spacial score (nSPS) is 17.9. The molecule has 1 aromatic rings. The van der Waals surface area contributed by atoms with Crippen LogP contribution in [0.25, 0.3) is 6.08 Å². The molecule has 112 valence electrons. The lowest BCUT2D eigenvalue weighted by Crippen LogP contribution is -2.43. The molecule has 0 aliphatic carbocycles. The zero-order chi connectivity index (χ0) is 15.5. The predicted molar refractivity (Wildman–Crippen MR) is 82.0 cm³/mol. The van der Waals surface area contributed by atoms with E-state index in [9.17, 15) is 9.59 Å². The van der Waals surface area contributed by atoms with Crippen molar-refractivity contribution < 1.29 is 14.7 Å². The second kappa shape index (κ2) is 6.12. The van der Waals surface area contributed by atoms with Crippen molar-refractivity contribution in [3.05, 3.63) is 41.5 Å². The monoisotopic (exact) mass is 287 g/mol. The number of piperidine rings is 1. The van der Waals surface area contributed by atoms with E-state index < -0.39 is 5.97 Å². The summed E-state index contributed by atoms with van der Waals surface area (Å²) in [5.74, 6) is -0.974. The Labute approximate surface area is 125 Å². The van der Waals surface area contributed by atoms with Crippen LogP contribution < -0.4 is 0 Å². The minimum absolute atomic E-state index is 0.0216. The third-order valence-electron chi connectivity index (χ3n) is 3.74. The molecule has 0 unspecified atom stereocenters. The number of carbonyl (C=O) groups excluding carboxylic acids is 1. The van der Waals surface area contributed by atoms with Crippen LogP contribution in [0, 0.1) is 5.41 Å². The molecular formula is C17H21NO3. The number of hydrogen-bond acceptors (Lipinski definition) is 2. The number of carboxylic acid groups (broad SMARTS) is 1. The van der Waals surface area contributed by atoms with Gasteiger partial charge in [0.15, 0.2) is 0 Å². The molecule has 1 N–H and O–H groups in total. The summed E-state index contributed by atoms with van der Waals surface area (Å²) in [7, 11) is 0. The van der Waals surface area contributed by atoms with Gasteiger partial charge in [-0.05, 0) is 42.0 Å². The summed E-state index contributed by atoms with van der Waals surface area (Å²) < 4.78 is 0. The molecule has 1 saturated heterocycles. The molecule has 0 spiro atoms. The minimum atomic E-state index is -0.996. The van der Waals surface area contributed by atoms with Crippen LogP contribution >= 0.6 is 0 Å². The first-order valence-corrected chi connectivity index (χ1v) is 7.18. The van der Waals surface area contributed by atoms with Crippen LogP contribution in [0.3, 0.4) is 0 Å². The predicted octanol–water partition coefficient (Wildman–Crippen LogP) is 3.05. The van der Waals surface area contributed by atoms with Crippen molar-refractivity contribution in [2.75, 3.05) is 13.1 Å². The van der Waals surface area contributed by atoms with Gasteiger partial charge in [0.05, 0.1) is 0 Å². The summed E-state index contributed by atoms with van der Waals surface area (Å²) >= 11 is 0. The average Bonchev–Trinajstić information content (AvgIpc) is 2.43. The van der Waals surface area contributed by atoms with Gasteiger partial charge in [-0.2, -0.15) is 0 Å². The lowest BCUT2D eigenvalue weighted by atomic mass is 9.84. The first-order chi connectivity index (χ1) is 9.87. The van der Waals surface area contributed by atoms with Crippen molar-refractivity contribution in [3.8, 4) is 0 Å². The lowest BCUT2D eigenvalue weighted by Gasteiger charge is -2.38. The number of rotatable bonds is 3. The molecule has 4 heteroatoms. The molecule has 2 rings (SSSR count). The molecular weight excluding hydrogens is 266 g/mol. The summed E-state index contributed by atoms with van der Waals surface area (Å²) in [6, 6.07) is 7.09. The molecule has 1 aliphatic rings. The molecule has 0 atom stereocenters. The standard InChI is InChI=1S/C17H21NO3/c1-17(2)9-4-10-18(12-17)16(21)14-6-3-5-13(11-14)7-8-15(19)20/h3,5-8,11H,4,9-10,12H2,1-2H3,(H,19,20). The van der Waals surface area contributed by atoms with E-state index in [-0.39, 0.29) is 11.3 Å². The SMILES string of the molecule is CC1(C)CCCN(C(=O)c2cccc(C=CC(=O)O)c2)C1. The summed E-state index contributed by atoms with van der Waals surface area (Å²) in [6.45, 7) is 5.91. The van der Waals surface area contributed by atoms with Crippen LogP contribution in [0.2, 0.25) is 0 Å². The maximum absolute atomic E-state index is 12.6. The Morgan fingerprint density at radius 2 is 2.10 bits per heavy atom. The fourth-order valence-corrected chi connectivity index (χ4v) is 2.72. The van der Waals surface area contributed by atoms with Crippen LogP contribution in [-0.4, -0.2) is 35.0 Å². The largest absolute Gasteiger partial charge is 0.478 e. The summed E-state index contributed by atoms with van der Waals surface area (Å²) in [6.07, 6.45) is 4.74. The van der Waals surface area contributed by atoms with Gasteiger partial charge in [-0.3, -0.25) is 4.79 Å². The zero-order valence-corrected chi connectivity index (χ0v) is 12.5. The van der Waals surface area contributed by atoms with Gasteiger partial charge < -0.3 is 10.0 Å². The Kier molecular flexibility index (Phi) is 4.46. The average molecular weight is 287 g/mol. The van der Waals surface area contributed by atoms with Crippen LogP contribution in [0.15, 0.2) is 30.3 Å². The Bertz CT molecular complexity index is 575. The molecule has 0 aromatic heterocycles. The molecule has 1 amide bonds. The number of nitrogens with zero attached hydrogens (tertiary/aromatic N) is 1. The number of carboxylic acids is 1. The van der Waals surface area contributed by atoms with Gasteiger partial charge >= 0.3 is 5.97 Å². The fourth-order valence-electron chi connectivity index (χ4n) is 2.72. The van der Waals surface area contributed by atoms with E-state index in [2.05, 4.69) is 13.8 Å². The van der Waals surface area contributed by atoms with Crippen LogP contribution in [0.4, 0.5) is 0 Å². The number of hydrogen-bond donors (Lipinski definition) is 1. The molecule has 0 radical (unpaired) electrons. The van der Waals surface area contributed by atoms with E-state index in [0.29, 0.717) is 5.56 Å². The van der Waals surface area contributed by atoms with Crippen LogP contribution in [0.1, 0.15) is 42.6 Å². The van der Waals surface area contributed by atoms with Gasteiger partial charge in [-0.15, -0.1) is 0 Å². The van der Waals surface area contributed by atoms with Crippen molar-refractivity contribution in [1.82, 2.24) is 4.90 Å². The fraction of sp³-hybridized carbons (Fsp3) is 0.412. The van der Waals surface area contributed by atoms with Crippen molar-refractivity contribution in [1.29, 1.82) is 0 Å². The van der Waals surface area contributed by atoms with E-state index in [1.165, 1.54) is 6.08 Å². The second-order valence-corrected chi connectivity index (χ2v) is 6.29. The molecule has 1 fully saturated rings. The lowest BCUT2D eigenvalue weighted by molar-refractivity contribution is -0.131. The third kappa shape index (κ3) is 4.18. The second-order valence-electron chi connectivity index (χ2n) is 6.29. The van der Waals surface area contributed by atoms with E-state index in [4.69, 9.17) is 5.11 Å². The number of amides is 1. The highest BCUT2D eigenvalue weighted by Gasteiger charge is 2.29. The van der Waals surface area contributed by atoms with Gasteiger partial charge in [-0.25, -0.2) is 4.79 Å². The van der Waals surface area contributed by atoms with Crippen LogP contribution in [-0.2, 0) is 4.79 Å². The summed E-state index contributed by atoms with van der Waals surface area (Å²) in [5, 5.41) is 8.65. The Morgan fingerprint density at radius 1 is 1.33 bits per heavy atom. The summed E-state index contributed by atoms with van der Waals surface area (Å²) in [5.41, 5.74) is 1.49. The molecule has 0 saturated carbocycles. The van der Waals surface area contributed by atoms with E-state index in [1.54, 1.807) is 24.3 Å². The van der Waals surface area contributed by atoms with Gasteiger partial charge in [0.1, 0.15) is 0 Å². The maximum atomic E-state index is 12.6. The minimum Gasteiger partial charge on any atom is -0.478 e. The van der Waals surface area contributed by atoms with E-state index in [1.807, 2.05) is 4.90 Å². The number of likely N-dealkylation sites (tertiary alicyclic amines) is 1. The van der Waals surface area contributed by atoms with Crippen molar-refractivity contribution in [2.45, 2.75) is 26.7 Å². The summed E-state index contributed by atoms with van der Waals surface area (Å²) in [4.78, 5) is 25.0. The molecule has 4 nitrogen and oxygen atoms in total. The number of carbonyl (C=O) groups is 2. The topological polar surface area (TPSA) is 57.6 Å². The Balaban J connectivity index is 2.16. The third-order valence-corrected chi connectivity index (χ3v) is 3.74. The smallest absolute Gasteiger partial charge is 0.328 e. The first kappa shape index (κ1) is 15.3. The van der Waals surface area contributed by atoms with Gasteiger partial charge in [0.25, 0.3) is 5.91 Å². The molecule has 1 aliphatic heterocycles. The molecule has 21 heavy (non-hydrogen) atoms. The van der Waals surface area contributed by atoms with Crippen molar-refractivity contribution >= 4 is 18.0 Å². The van der Waals surface area contributed by atoms with E-state index >= 15 is 0 Å². The quantitative estimate of drug-likeness (QED) is 0.869. The van der Waals surface area contributed by atoms with Gasteiger partial charge in [-0.1, -0.05) is 26.0 Å². The van der Waals surface area contributed by atoms with Crippen LogP contribution in [0.5, 0.6) is 0 Å². The van der Waals surface area contributed by atoms with Gasteiger partial charge in [0, 0.05) is 24.7 Å².